The van der Waals surface area contributed by atoms with Crippen LogP contribution >= 0.6 is 0 Å². The molecule has 1 aliphatic heterocycles. The first-order chi connectivity index (χ1) is 12.1. The van der Waals surface area contributed by atoms with Crippen LogP contribution in [0.15, 0.2) is 29.2 Å². The molecule has 7 heteroatoms. The van der Waals surface area contributed by atoms with Gasteiger partial charge in [0, 0.05) is 25.3 Å². The number of carbonyl (C=O) groups is 1. The lowest BCUT2D eigenvalue weighted by Gasteiger charge is -2.33. The lowest BCUT2D eigenvalue weighted by Crippen LogP contribution is -2.39. The second kappa shape index (κ2) is 7.65. The number of nitrogens with one attached hydrogen (secondary N) is 1. The van der Waals surface area contributed by atoms with Gasteiger partial charge in [0.15, 0.2) is 5.56 Å². The predicted molar refractivity (Wildman–Crippen MR) is 95.0 cm³/mol. The average Bonchev–Trinajstić information content (AvgIpc) is 2.60. The van der Waals surface area contributed by atoms with Crippen LogP contribution < -0.4 is 10.9 Å². The van der Waals surface area contributed by atoms with Crippen molar-refractivity contribution in [3.8, 4) is 5.88 Å². The van der Waals surface area contributed by atoms with Gasteiger partial charge in [-0.25, -0.2) is 0 Å². The summed E-state index contributed by atoms with van der Waals surface area (Å²) >= 11 is 0. The van der Waals surface area contributed by atoms with Crippen LogP contribution in [0, 0.1) is 0 Å². The van der Waals surface area contributed by atoms with Crippen molar-refractivity contribution in [2.24, 2.45) is 0 Å². The van der Waals surface area contributed by atoms with Crippen LogP contribution in [-0.4, -0.2) is 51.0 Å². The zero-order chi connectivity index (χ0) is 17.8. The van der Waals surface area contributed by atoms with E-state index in [9.17, 15) is 14.7 Å². The minimum Gasteiger partial charge on any atom is -0.493 e. The Labute approximate surface area is 146 Å². The molecule has 1 fully saturated rings. The molecule has 0 unspecified atom stereocenters. The number of hydrogen-bond donors (Lipinski definition) is 2. The Morgan fingerprint density at radius 1 is 1.40 bits per heavy atom. The maximum absolute atomic E-state index is 12.4. The lowest BCUT2D eigenvalue weighted by molar-refractivity contribution is 0.0943. The van der Waals surface area contributed by atoms with E-state index in [0.717, 1.165) is 19.5 Å². The van der Waals surface area contributed by atoms with E-state index >= 15 is 0 Å². The first kappa shape index (κ1) is 17.4. The Morgan fingerprint density at radius 3 is 3.04 bits per heavy atom. The van der Waals surface area contributed by atoms with Gasteiger partial charge in [-0.3, -0.25) is 14.0 Å². The minimum absolute atomic E-state index is 0.306. The number of likely N-dealkylation sites (tertiary alicyclic amines) is 1. The number of aromatic hydroxyl groups is 1. The van der Waals surface area contributed by atoms with Crippen LogP contribution in [0.3, 0.4) is 0 Å². The number of fused-ring (bicyclic) bond motifs is 1. The third-order valence-electron chi connectivity index (χ3n) is 4.79. The van der Waals surface area contributed by atoms with Gasteiger partial charge < -0.3 is 15.3 Å². The molecule has 0 saturated carbocycles. The first-order valence-corrected chi connectivity index (χ1v) is 8.80. The van der Waals surface area contributed by atoms with Crippen LogP contribution in [-0.2, 0) is 0 Å². The van der Waals surface area contributed by atoms with Crippen molar-refractivity contribution >= 4 is 11.6 Å². The van der Waals surface area contributed by atoms with E-state index in [2.05, 4.69) is 22.1 Å². The summed E-state index contributed by atoms with van der Waals surface area (Å²) in [6.45, 7) is 4.71. The highest BCUT2D eigenvalue weighted by Gasteiger charge is 2.20. The van der Waals surface area contributed by atoms with Gasteiger partial charge in [0.1, 0.15) is 5.65 Å². The number of nitrogens with zero attached hydrogens (tertiary/aromatic N) is 3. The summed E-state index contributed by atoms with van der Waals surface area (Å²) in [4.78, 5) is 31.1. The van der Waals surface area contributed by atoms with Crippen molar-refractivity contribution in [1.29, 1.82) is 0 Å². The third-order valence-corrected chi connectivity index (χ3v) is 4.79. The van der Waals surface area contributed by atoms with Crippen molar-refractivity contribution < 1.29 is 9.90 Å². The molecule has 0 aromatic carbocycles. The molecule has 0 spiro atoms. The highest BCUT2D eigenvalue weighted by atomic mass is 16.3. The second-order valence-electron chi connectivity index (χ2n) is 6.53. The number of amides is 1. The summed E-state index contributed by atoms with van der Waals surface area (Å²) < 4.78 is 1.25. The monoisotopic (exact) mass is 344 g/mol. The van der Waals surface area contributed by atoms with Gasteiger partial charge in [-0.2, -0.15) is 4.98 Å². The number of hydrogen-bond acceptors (Lipinski definition) is 5. The molecule has 0 aliphatic carbocycles. The standard InChI is InChI=1S/C18H24N4O3/c1-13-7-2-4-10-21(13)11-6-9-19-16(23)15-17(24)20-14-8-3-5-12-22(14)18(15)25/h3,5,8,12-13,24H,2,4,6-7,9-11H2,1H3,(H,19,23)/t13-/m0/s1. The Hall–Kier alpha value is -2.41. The minimum atomic E-state index is -0.583. The van der Waals surface area contributed by atoms with Crippen LogP contribution in [0.2, 0.25) is 0 Å². The molecular weight excluding hydrogens is 320 g/mol. The molecule has 1 aliphatic rings. The van der Waals surface area contributed by atoms with Crippen LogP contribution in [0.1, 0.15) is 43.0 Å². The fraction of sp³-hybridized carbons (Fsp3) is 0.500. The number of piperidine rings is 1. The molecule has 1 saturated heterocycles. The fourth-order valence-corrected chi connectivity index (χ4v) is 3.34. The van der Waals surface area contributed by atoms with E-state index in [-0.39, 0.29) is 5.56 Å². The fourth-order valence-electron chi connectivity index (χ4n) is 3.34. The molecule has 0 radical (unpaired) electrons. The van der Waals surface area contributed by atoms with E-state index in [1.165, 1.54) is 29.9 Å². The quantitative estimate of drug-likeness (QED) is 0.801. The molecule has 3 heterocycles. The molecular formula is C18H24N4O3. The Kier molecular flexibility index (Phi) is 5.33. The summed E-state index contributed by atoms with van der Waals surface area (Å²) in [7, 11) is 0. The third kappa shape index (κ3) is 3.82. The van der Waals surface area contributed by atoms with Crippen molar-refractivity contribution in [2.45, 2.75) is 38.6 Å². The zero-order valence-corrected chi connectivity index (χ0v) is 14.4. The number of pyridine rings is 1. The van der Waals surface area contributed by atoms with E-state index in [1.54, 1.807) is 18.2 Å². The van der Waals surface area contributed by atoms with Crippen molar-refractivity contribution in [1.82, 2.24) is 19.6 Å². The maximum atomic E-state index is 12.4. The van der Waals surface area contributed by atoms with E-state index in [4.69, 9.17) is 0 Å². The molecule has 0 bridgehead atoms. The Bertz CT molecular complexity index is 818. The normalized spacial score (nSPS) is 18.4. The van der Waals surface area contributed by atoms with E-state index in [1.807, 2.05) is 0 Å². The Balaban J connectivity index is 1.62. The van der Waals surface area contributed by atoms with Crippen LogP contribution in [0.5, 0.6) is 5.88 Å². The molecule has 2 aromatic rings. The van der Waals surface area contributed by atoms with Gasteiger partial charge in [-0.15, -0.1) is 0 Å². The molecule has 2 N–H and O–H groups in total. The van der Waals surface area contributed by atoms with Crippen molar-refractivity contribution in [3.63, 3.8) is 0 Å². The molecule has 1 atom stereocenters. The smallest absolute Gasteiger partial charge is 0.274 e. The van der Waals surface area contributed by atoms with Gasteiger partial charge in [0.05, 0.1) is 0 Å². The summed E-state index contributed by atoms with van der Waals surface area (Å²) in [5.41, 5.74) is -0.569. The summed E-state index contributed by atoms with van der Waals surface area (Å²) in [5.74, 6) is -1.11. The maximum Gasteiger partial charge on any atom is 0.274 e. The predicted octanol–water partition coefficient (Wildman–Crippen LogP) is 1.39. The number of aromatic nitrogens is 2. The summed E-state index contributed by atoms with van der Waals surface area (Å²) in [5, 5.41) is 12.7. The molecule has 25 heavy (non-hydrogen) atoms. The SMILES string of the molecule is C[C@H]1CCCCN1CCCNC(=O)c1c(O)nc2ccccn2c1=O. The molecule has 7 nitrogen and oxygen atoms in total. The molecule has 134 valence electrons. The molecule has 2 aromatic heterocycles. The van der Waals surface area contributed by atoms with E-state index < -0.39 is 17.3 Å². The van der Waals surface area contributed by atoms with Crippen LogP contribution in [0.25, 0.3) is 5.65 Å². The number of rotatable bonds is 5. The second-order valence-corrected chi connectivity index (χ2v) is 6.53. The Morgan fingerprint density at radius 2 is 2.24 bits per heavy atom. The van der Waals surface area contributed by atoms with Gasteiger partial charge in [-0.05, 0) is 44.9 Å². The summed E-state index contributed by atoms with van der Waals surface area (Å²) in [6.07, 6.45) is 6.06. The van der Waals surface area contributed by atoms with Gasteiger partial charge in [0.2, 0.25) is 5.88 Å². The number of carbonyl (C=O) groups excluding carboxylic acids is 1. The first-order valence-electron chi connectivity index (χ1n) is 8.80. The van der Waals surface area contributed by atoms with Gasteiger partial charge >= 0.3 is 0 Å². The van der Waals surface area contributed by atoms with Crippen molar-refractivity contribution in [2.75, 3.05) is 19.6 Å². The molecule has 3 rings (SSSR count). The van der Waals surface area contributed by atoms with E-state index in [0.29, 0.717) is 18.2 Å². The topological polar surface area (TPSA) is 86.9 Å². The zero-order valence-electron chi connectivity index (χ0n) is 14.4. The van der Waals surface area contributed by atoms with Gasteiger partial charge in [0.25, 0.3) is 11.5 Å². The van der Waals surface area contributed by atoms with Crippen LogP contribution in [0.4, 0.5) is 0 Å². The highest BCUT2D eigenvalue weighted by molar-refractivity contribution is 5.96. The summed E-state index contributed by atoms with van der Waals surface area (Å²) in [6, 6.07) is 5.57. The largest absolute Gasteiger partial charge is 0.493 e. The highest BCUT2D eigenvalue weighted by Crippen LogP contribution is 2.16. The van der Waals surface area contributed by atoms with Gasteiger partial charge in [-0.1, -0.05) is 12.5 Å². The molecule has 1 amide bonds. The van der Waals surface area contributed by atoms with Crippen molar-refractivity contribution in [3.05, 3.63) is 40.3 Å². The lowest BCUT2D eigenvalue weighted by atomic mass is 10.0. The average molecular weight is 344 g/mol.